The smallest absolute Gasteiger partial charge is 0.223 e. The summed E-state index contributed by atoms with van der Waals surface area (Å²) < 4.78 is 5.74. The molecule has 6 heteroatoms. The zero-order valence-corrected chi connectivity index (χ0v) is 13.2. The van der Waals surface area contributed by atoms with Crippen molar-refractivity contribution in [2.75, 3.05) is 13.2 Å². The molecule has 2 aliphatic heterocycles. The summed E-state index contributed by atoms with van der Waals surface area (Å²) >= 11 is 1.67. The van der Waals surface area contributed by atoms with Crippen LogP contribution in [0.4, 0.5) is 0 Å². The predicted molar refractivity (Wildman–Crippen MR) is 84.6 cm³/mol. The molecule has 0 radical (unpaired) electrons. The molecule has 0 saturated carbocycles. The summed E-state index contributed by atoms with van der Waals surface area (Å²) in [5.74, 6) is 2.61. The second-order valence-corrected chi connectivity index (χ2v) is 6.56. The number of nitrogens with zero attached hydrogens (tertiary/aromatic N) is 2. The lowest BCUT2D eigenvalue weighted by atomic mass is 10.0. The lowest BCUT2D eigenvalue weighted by Gasteiger charge is -2.22. The fraction of sp³-hybridized carbons (Fsp3) is 0.562. The molecule has 0 saturated heterocycles. The summed E-state index contributed by atoms with van der Waals surface area (Å²) in [7, 11) is 0. The molecule has 0 aromatic carbocycles. The average molecular weight is 317 g/mol. The molecule has 0 spiro atoms. The molecule has 3 heterocycles. The van der Waals surface area contributed by atoms with Gasteiger partial charge in [-0.2, -0.15) is 10.2 Å². The maximum Gasteiger partial charge on any atom is 0.223 e. The van der Waals surface area contributed by atoms with E-state index in [9.17, 15) is 4.79 Å². The molecule has 0 bridgehead atoms. The van der Waals surface area contributed by atoms with Gasteiger partial charge in [0, 0.05) is 30.7 Å². The first kappa shape index (κ1) is 15.2. The molecule has 5 nitrogen and oxygen atoms in total. The van der Waals surface area contributed by atoms with Gasteiger partial charge in [0.05, 0.1) is 13.0 Å². The van der Waals surface area contributed by atoms with Crippen molar-refractivity contribution in [2.45, 2.75) is 43.9 Å². The molecule has 1 aromatic rings. The van der Waals surface area contributed by atoms with Gasteiger partial charge >= 0.3 is 0 Å². The van der Waals surface area contributed by atoms with Gasteiger partial charge in [0.2, 0.25) is 5.91 Å². The van der Waals surface area contributed by atoms with Crippen molar-refractivity contribution in [1.29, 1.82) is 0 Å². The minimum atomic E-state index is -0.331. The highest BCUT2D eigenvalue weighted by molar-refractivity contribution is 7.10. The number of carbonyl (C=O) groups is 1. The summed E-state index contributed by atoms with van der Waals surface area (Å²) in [5, 5.41) is 13.1. The van der Waals surface area contributed by atoms with Crippen molar-refractivity contribution in [3.05, 3.63) is 21.9 Å². The number of carbonyl (C=O) groups excluding carboxylic acids is 1. The van der Waals surface area contributed by atoms with E-state index in [1.54, 1.807) is 11.3 Å². The second-order valence-electron chi connectivity index (χ2n) is 5.61. The van der Waals surface area contributed by atoms with Gasteiger partial charge in [-0.25, -0.2) is 0 Å². The molecule has 1 aromatic heterocycles. The van der Waals surface area contributed by atoms with Gasteiger partial charge in [-0.05, 0) is 23.4 Å². The van der Waals surface area contributed by atoms with E-state index in [2.05, 4.69) is 32.9 Å². The highest BCUT2D eigenvalue weighted by Gasteiger charge is 2.38. The largest absolute Gasteiger partial charge is 0.372 e. The predicted octanol–water partition coefficient (Wildman–Crippen LogP) is 2.83. The molecule has 22 heavy (non-hydrogen) atoms. The van der Waals surface area contributed by atoms with Crippen LogP contribution in [0.25, 0.3) is 0 Å². The molecule has 3 rings (SSSR count). The SMILES string of the molecule is C#CCCC1(CCNC(=O)CC2OCCc3ccsc32)N=N1. The highest BCUT2D eigenvalue weighted by atomic mass is 32.1. The summed E-state index contributed by atoms with van der Waals surface area (Å²) in [6, 6.07) is 2.12. The molecule has 116 valence electrons. The van der Waals surface area contributed by atoms with Gasteiger partial charge in [-0.1, -0.05) is 0 Å². The zero-order chi connectivity index (χ0) is 15.4. The van der Waals surface area contributed by atoms with Crippen LogP contribution in [0.15, 0.2) is 21.7 Å². The summed E-state index contributed by atoms with van der Waals surface area (Å²) in [6.07, 6.45) is 8.62. The van der Waals surface area contributed by atoms with Crippen LogP contribution in [-0.4, -0.2) is 24.7 Å². The lowest BCUT2D eigenvalue weighted by molar-refractivity contribution is -0.124. The third kappa shape index (κ3) is 3.54. The van der Waals surface area contributed by atoms with Gasteiger partial charge in [0.1, 0.15) is 6.10 Å². The van der Waals surface area contributed by atoms with Crippen molar-refractivity contribution in [2.24, 2.45) is 10.2 Å². The maximum absolute atomic E-state index is 12.1. The first-order chi connectivity index (χ1) is 10.7. The third-order valence-electron chi connectivity index (χ3n) is 4.03. The number of hydrogen-bond donors (Lipinski definition) is 1. The van der Waals surface area contributed by atoms with Crippen LogP contribution in [-0.2, 0) is 16.0 Å². The fourth-order valence-electron chi connectivity index (χ4n) is 2.69. The summed E-state index contributed by atoms with van der Waals surface area (Å²) in [4.78, 5) is 13.3. The standard InChI is InChI=1S/C16H19N3O2S/c1-2-3-6-16(18-19-16)7-8-17-14(20)11-13-15-12(4-9-21-13)5-10-22-15/h1,5,10,13H,3-4,6-9,11H2,(H,17,20). The number of thiophene rings is 1. The van der Waals surface area contributed by atoms with Crippen LogP contribution in [0.3, 0.4) is 0 Å². The molecule has 0 aliphatic carbocycles. The van der Waals surface area contributed by atoms with E-state index in [1.165, 1.54) is 10.4 Å². The highest BCUT2D eigenvalue weighted by Crippen LogP contribution is 2.36. The summed E-state index contributed by atoms with van der Waals surface area (Å²) in [5.41, 5.74) is 0.986. The Hall–Kier alpha value is -1.71. The van der Waals surface area contributed by atoms with E-state index in [1.807, 2.05) is 0 Å². The number of rotatable bonds is 7. The van der Waals surface area contributed by atoms with Crippen molar-refractivity contribution >= 4 is 17.2 Å². The number of hydrogen-bond acceptors (Lipinski definition) is 5. The number of ether oxygens (including phenoxy) is 1. The van der Waals surface area contributed by atoms with E-state index in [0.717, 1.165) is 19.3 Å². The Morgan fingerprint density at radius 2 is 2.41 bits per heavy atom. The van der Waals surface area contributed by atoms with Gasteiger partial charge in [0.15, 0.2) is 5.66 Å². The van der Waals surface area contributed by atoms with Crippen LogP contribution in [0.2, 0.25) is 0 Å². The van der Waals surface area contributed by atoms with Crippen LogP contribution < -0.4 is 5.32 Å². The van der Waals surface area contributed by atoms with Crippen LogP contribution in [0.5, 0.6) is 0 Å². The van der Waals surface area contributed by atoms with Gasteiger partial charge < -0.3 is 10.1 Å². The first-order valence-electron chi connectivity index (χ1n) is 7.54. The lowest BCUT2D eigenvalue weighted by Crippen LogP contribution is -2.30. The van der Waals surface area contributed by atoms with Crippen molar-refractivity contribution in [3.63, 3.8) is 0 Å². The number of amides is 1. The van der Waals surface area contributed by atoms with E-state index >= 15 is 0 Å². The topological polar surface area (TPSA) is 63.0 Å². The van der Waals surface area contributed by atoms with Crippen molar-refractivity contribution in [3.8, 4) is 12.3 Å². The fourth-order valence-corrected chi connectivity index (χ4v) is 3.69. The molecule has 1 amide bonds. The Morgan fingerprint density at radius 1 is 1.55 bits per heavy atom. The molecule has 1 unspecified atom stereocenters. The summed E-state index contributed by atoms with van der Waals surface area (Å²) in [6.45, 7) is 1.26. The van der Waals surface area contributed by atoms with Crippen molar-refractivity contribution < 1.29 is 9.53 Å². The molecular formula is C16H19N3O2S. The second kappa shape index (κ2) is 6.59. The first-order valence-corrected chi connectivity index (χ1v) is 8.42. The zero-order valence-electron chi connectivity index (χ0n) is 12.4. The number of terminal acetylenes is 1. The normalized spacial score (nSPS) is 21.0. The molecular weight excluding hydrogens is 298 g/mol. The van der Waals surface area contributed by atoms with E-state index in [4.69, 9.17) is 11.2 Å². The van der Waals surface area contributed by atoms with Gasteiger partial charge in [-0.15, -0.1) is 23.7 Å². The minimum absolute atomic E-state index is 0.0130. The van der Waals surface area contributed by atoms with Gasteiger partial charge in [0.25, 0.3) is 0 Å². The third-order valence-corrected chi connectivity index (χ3v) is 5.09. The molecule has 2 aliphatic rings. The van der Waals surface area contributed by atoms with Crippen molar-refractivity contribution in [1.82, 2.24) is 5.32 Å². The van der Waals surface area contributed by atoms with Crippen LogP contribution in [0.1, 0.15) is 42.2 Å². The monoisotopic (exact) mass is 317 g/mol. The minimum Gasteiger partial charge on any atom is -0.372 e. The number of fused-ring (bicyclic) bond motifs is 1. The average Bonchev–Trinajstić information content (AvgIpc) is 3.10. The van der Waals surface area contributed by atoms with E-state index in [0.29, 0.717) is 26.0 Å². The van der Waals surface area contributed by atoms with Crippen LogP contribution in [0, 0.1) is 12.3 Å². The Morgan fingerprint density at radius 3 is 3.18 bits per heavy atom. The van der Waals surface area contributed by atoms with E-state index in [-0.39, 0.29) is 17.7 Å². The quantitative estimate of drug-likeness (QED) is 0.786. The van der Waals surface area contributed by atoms with E-state index < -0.39 is 0 Å². The molecule has 1 N–H and O–H groups in total. The Balaban J connectivity index is 1.42. The Labute approximate surface area is 134 Å². The molecule has 1 atom stereocenters. The number of nitrogens with one attached hydrogen (secondary N) is 1. The molecule has 0 fully saturated rings. The Kier molecular flexibility index (Phi) is 4.55. The Bertz CT molecular complexity index is 611. The maximum atomic E-state index is 12.1. The van der Waals surface area contributed by atoms with Gasteiger partial charge in [-0.3, -0.25) is 4.79 Å². The van der Waals surface area contributed by atoms with Crippen LogP contribution >= 0.6 is 11.3 Å².